The predicted octanol–water partition coefficient (Wildman–Crippen LogP) is 3.68. The summed E-state index contributed by atoms with van der Waals surface area (Å²) >= 11 is 6.11. The standard InChI is InChI=1S/C17H20ClN3O3S/c1-10-16(11(2)24-21-10)25(22,23)20-9-17(3,4)14-8-19-15-6-5-12(18)7-13(14)15/h5-8,19-20H,9H2,1-4H3. The number of aromatic amines is 1. The van der Waals surface area contributed by atoms with Crippen LogP contribution in [0.4, 0.5) is 0 Å². The molecule has 2 N–H and O–H groups in total. The summed E-state index contributed by atoms with van der Waals surface area (Å²) < 4.78 is 32.9. The molecule has 2 aromatic heterocycles. The maximum absolute atomic E-state index is 12.6. The lowest BCUT2D eigenvalue weighted by atomic mass is 9.85. The Morgan fingerprint density at radius 2 is 2.04 bits per heavy atom. The summed E-state index contributed by atoms with van der Waals surface area (Å²) in [4.78, 5) is 3.31. The minimum Gasteiger partial charge on any atom is -0.361 e. The first kappa shape index (κ1) is 18.0. The minimum atomic E-state index is -3.71. The van der Waals surface area contributed by atoms with E-state index in [0.717, 1.165) is 16.5 Å². The van der Waals surface area contributed by atoms with E-state index in [1.54, 1.807) is 13.8 Å². The number of hydrogen-bond donors (Lipinski definition) is 2. The van der Waals surface area contributed by atoms with E-state index in [1.165, 1.54) is 0 Å². The number of fused-ring (bicyclic) bond motifs is 1. The van der Waals surface area contributed by atoms with Crippen molar-refractivity contribution < 1.29 is 12.9 Å². The molecule has 0 unspecified atom stereocenters. The molecule has 134 valence electrons. The van der Waals surface area contributed by atoms with E-state index < -0.39 is 15.4 Å². The molecule has 0 bridgehead atoms. The maximum atomic E-state index is 12.6. The predicted molar refractivity (Wildman–Crippen MR) is 97.5 cm³/mol. The molecule has 3 rings (SSSR count). The molecule has 6 nitrogen and oxygen atoms in total. The van der Waals surface area contributed by atoms with Crippen molar-refractivity contribution in [1.29, 1.82) is 0 Å². The molecule has 2 heterocycles. The van der Waals surface area contributed by atoms with Gasteiger partial charge in [-0.3, -0.25) is 0 Å². The molecule has 0 atom stereocenters. The van der Waals surface area contributed by atoms with Gasteiger partial charge in [0.15, 0.2) is 5.76 Å². The Hall–Kier alpha value is -1.83. The molecule has 0 aliphatic carbocycles. The van der Waals surface area contributed by atoms with Gasteiger partial charge in [0.05, 0.1) is 0 Å². The van der Waals surface area contributed by atoms with Crippen LogP contribution in [0.5, 0.6) is 0 Å². The Morgan fingerprint density at radius 3 is 2.68 bits per heavy atom. The van der Waals surface area contributed by atoms with Crippen LogP contribution in [0.2, 0.25) is 5.02 Å². The summed E-state index contributed by atoms with van der Waals surface area (Å²) in [7, 11) is -3.71. The van der Waals surface area contributed by atoms with Crippen LogP contribution in [-0.4, -0.2) is 25.1 Å². The zero-order valence-electron chi connectivity index (χ0n) is 14.5. The Kier molecular flexibility index (Phi) is 4.43. The van der Waals surface area contributed by atoms with Crippen molar-refractivity contribution >= 4 is 32.5 Å². The number of nitrogens with zero attached hydrogens (tertiary/aromatic N) is 1. The van der Waals surface area contributed by atoms with Gasteiger partial charge in [-0.1, -0.05) is 30.6 Å². The molecule has 3 aromatic rings. The quantitative estimate of drug-likeness (QED) is 0.705. The first-order valence-electron chi connectivity index (χ1n) is 7.81. The molecule has 0 radical (unpaired) electrons. The molecule has 0 amide bonds. The van der Waals surface area contributed by atoms with E-state index in [-0.39, 0.29) is 17.2 Å². The number of H-pyrrole nitrogens is 1. The second-order valence-corrected chi connectivity index (χ2v) is 8.89. The average molecular weight is 382 g/mol. The minimum absolute atomic E-state index is 0.102. The first-order chi connectivity index (χ1) is 11.6. The van der Waals surface area contributed by atoms with Crippen LogP contribution in [-0.2, 0) is 15.4 Å². The summed E-state index contributed by atoms with van der Waals surface area (Å²) in [6.07, 6.45) is 1.89. The van der Waals surface area contributed by atoms with Gasteiger partial charge in [0.1, 0.15) is 10.6 Å². The highest BCUT2D eigenvalue weighted by molar-refractivity contribution is 7.89. The summed E-state index contributed by atoms with van der Waals surface area (Å²) in [5, 5.41) is 5.33. The molecular weight excluding hydrogens is 362 g/mol. The van der Waals surface area contributed by atoms with Crippen molar-refractivity contribution in [2.75, 3.05) is 6.54 Å². The number of rotatable bonds is 5. The van der Waals surface area contributed by atoms with Crippen molar-refractivity contribution in [2.45, 2.75) is 38.0 Å². The highest BCUT2D eigenvalue weighted by Crippen LogP contribution is 2.32. The van der Waals surface area contributed by atoms with Gasteiger partial charge in [-0.25, -0.2) is 13.1 Å². The molecule has 0 spiro atoms. The van der Waals surface area contributed by atoms with E-state index in [1.807, 2.05) is 38.2 Å². The number of sulfonamides is 1. The van der Waals surface area contributed by atoms with E-state index >= 15 is 0 Å². The average Bonchev–Trinajstić information content (AvgIpc) is 3.09. The Morgan fingerprint density at radius 1 is 1.32 bits per heavy atom. The molecule has 25 heavy (non-hydrogen) atoms. The van der Waals surface area contributed by atoms with Crippen molar-refractivity contribution in [2.24, 2.45) is 0 Å². The topological polar surface area (TPSA) is 88.0 Å². The van der Waals surface area contributed by atoms with E-state index in [9.17, 15) is 8.42 Å². The molecule has 0 saturated heterocycles. The zero-order chi connectivity index (χ0) is 18.4. The van der Waals surface area contributed by atoms with Gasteiger partial charge in [-0.05, 0) is 37.6 Å². The largest absolute Gasteiger partial charge is 0.361 e. The third-order valence-corrected chi connectivity index (χ3v) is 6.19. The summed E-state index contributed by atoms with van der Waals surface area (Å²) in [5.41, 5.74) is 1.85. The molecular formula is C17H20ClN3O3S. The van der Waals surface area contributed by atoms with Crippen LogP contribution in [0.3, 0.4) is 0 Å². The molecule has 0 aliphatic heterocycles. The maximum Gasteiger partial charge on any atom is 0.245 e. The number of benzene rings is 1. The fraction of sp³-hybridized carbons (Fsp3) is 0.353. The number of nitrogens with one attached hydrogen (secondary N) is 2. The zero-order valence-corrected chi connectivity index (χ0v) is 16.0. The molecule has 1 aromatic carbocycles. The van der Waals surface area contributed by atoms with Crippen LogP contribution < -0.4 is 4.72 Å². The van der Waals surface area contributed by atoms with Crippen molar-refractivity contribution in [3.05, 3.63) is 46.4 Å². The lowest BCUT2D eigenvalue weighted by molar-refractivity contribution is 0.390. The lowest BCUT2D eigenvalue weighted by Crippen LogP contribution is -2.36. The highest BCUT2D eigenvalue weighted by atomic mass is 35.5. The smallest absolute Gasteiger partial charge is 0.245 e. The van der Waals surface area contributed by atoms with E-state index in [4.69, 9.17) is 16.1 Å². The second kappa shape index (κ2) is 6.16. The van der Waals surface area contributed by atoms with Gasteiger partial charge in [0, 0.05) is 34.1 Å². The fourth-order valence-corrected chi connectivity index (χ4v) is 4.66. The fourth-order valence-electron chi connectivity index (χ4n) is 2.95. The summed E-state index contributed by atoms with van der Waals surface area (Å²) in [6.45, 7) is 7.37. The van der Waals surface area contributed by atoms with Gasteiger partial charge < -0.3 is 9.51 Å². The van der Waals surface area contributed by atoms with Crippen molar-refractivity contribution in [3.63, 3.8) is 0 Å². The molecule has 8 heteroatoms. The second-order valence-electron chi connectivity index (χ2n) is 6.75. The normalized spacial score (nSPS) is 12.8. The van der Waals surface area contributed by atoms with Gasteiger partial charge in [-0.15, -0.1) is 0 Å². The molecule has 0 aliphatic rings. The number of aromatic nitrogens is 2. The highest BCUT2D eigenvalue weighted by Gasteiger charge is 2.29. The van der Waals surface area contributed by atoms with Crippen molar-refractivity contribution in [1.82, 2.24) is 14.9 Å². The van der Waals surface area contributed by atoms with Gasteiger partial charge in [-0.2, -0.15) is 0 Å². The Balaban J connectivity index is 1.90. The number of hydrogen-bond acceptors (Lipinski definition) is 4. The van der Waals surface area contributed by atoms with Gasteiger partial charge in [0.2, 0.25) is 10.0 Å². The third-order valence-electron chi connectivity index (χ3n) is 4.31. The Labute approximate surface area is 151 Å². The first-order valence-corrected chi connectivity index (χ1v) is 9.67. The van der Waals surface area contributed by atoms with Gasteiger partial charge >= 0.3 is 0 Å². The summed E-state index contributed by atoms with van der Waals surface area (Å²) in [6, 6.07) is 5.61. The monoisotopic (exact) mass is 381 g/mol. The number of aryl methyl sites for hydroxylation is 2. The van der Waals surface area contributed by atoms with Crippen LogP contribution in [0, 0.1) is 13.8 Å². The lowest BCUT2D eigenvalue weighted by Gasteiger charge is -2.25. The van der Waals surface area contributed by atoms with Gasteiger partial charge in [0.25, 0.3) is 0 Å². The van der Waals surface area contributed by atoms with E-state index in [2.05, 4.69) is 14.9 Å². The summed E-state index contributed by atoms with van der Waals surface area (Å²) in [5.74, 6) is 0.279. The third kappa shape index (κ3) is 3.31. The molecule has 0 saturated carbocycles. The molecule has 0 fully saturated rings. The van der Waals surface area contributed by atoms with Crippen LogP contribution >= 0.6 is 11.6 Å². The number of halogens is 1. The van der Waals surface area contributed by atoms with Crippen molar-refractivity contribution in [3.8, 4) is 0 Å². The van der Waals surface area contributed by atoms with Crippen LogP contribution in [0.25, 0.3) is 10.9 Å². The SMILES string of the molecule is Cc1noc(C)c1S(=O)(=O)NCC(C)(C)c1c[nH]c2ccc(Cl)cc12. The Bertz CT molecular complexity index is 1020. The van der Waals surface area contributed by atoms with E-state index in [0.29, 0.717) is 10.7 Å². The van der Waals surface area contributed by atoms with Crippen LogP contribution in [0.15, 0.2) is 33.8 Å². The van der Waals surface area contributed by atoms with Crippen LogP contribution in [0.1, 0.15) is 30.9 Å².